The lowest BCUT2D eigenvalue weighted by molar-refractivity contribution is 0.430. The number of aromatic nitrogens is 5. The van der Waals surface area contributed by atoms with Crippen LogP contribution in [0.1, 0.15) is 25.3 Å². The van der Waals surface area contributed by atoms with Crippen molar-refractivity contribution in [2.75, 3.05) is 0 Å². The lowest BCUT2D eigenvalue weighted by Gasteiger charge is -2.04. The Morgan fingerprint density at radius 2 is 1.72 bits per heavy atom. The Labute approximate surface area is 145 Å². The van der Waals surface area contributed by atoms with Crippen molar-refractivity contribution in [3.63, 3.8) is 0 Å². The number of pyridine rings is 1. The molecule has 6 heteroatoms. The molecule has 0 N–H and O–H groups in total. The van der Waals surface area contributed by atoms with E-state index < -0.39 is 0 Å². The molecule has 25 heavy (non-hydrogen) atoms. The van der Waals surface area contributed by atoms with E-state index in [1.165, 1.54) is 5.56 Å². The van der Waals surface area contributed by atoms with Gasteiger partial charge in [-0.1, -0.05) is 43.3 Å². The van der Waals surface area contributed by atoms with Crippen LogP contribution in [0.15, 0.2) is 65.6 Å². The normalized spacial score (nSPS) is 11.2. The zero-order valence-electron chi connectivity index (χ0n) is 14.0. The highest BCUT2D eigenvalue weighted by molar-refractivity contribution is 5.58. The zero-order valence-corrected chi connectivity index (χ0v) is 14.0. The van der Waals surface area contributed by atoms with Gasteiger partial charge in [-0.25, -0.2) is 4.68 Å². The third kappa shape index (κ3) is 3.06. The number of nitrogens with zero attached hydrogens (tertiary/aromatic N) is 5. The third-order valence-corrected chi connectivity index (χ3v) is 4.00. The van der Waals surface area contributed by atoms with E-state index in [0.29, 0.717) is 23.3 Å². The summed E-state index contributed by atoms with van der Waals surface area (Å²) in [6, 6.07) is 13.8. The molecular formula is C19H17N5O. The van der Waals surface area contributed by atoms with Crippen molar-refractivity contribution in [3.05, 3.63) is 66.6 Å². The molecule has 0 spiro atoms. The largest absolute Gasteiger partial charge is 0.332 e. The lowest BCUT2D eigenvalue weighted by atomic mass is 10.0. The van der Waals surface area contributed by atoms with Gasteiger partial charge < -0.3 is 4.52 Å². The highest BCUT2D eigenvalue weighted by atomic mass is 16.5. The molecule has 0 fully saturated rings. The van der Waals surface area contributed by atoms with E-state index in [-0.39, 0.29) is 0 Å². The SMILES string of the molecule is CC(C)c1ccc(-c2noc(-c3ccn(-c4ccncc4)n3)n2)cc1. The van der Waals surface area contributed by atoms with E-state index in [4.69, 9.17) is 4.52 Å². The topological polar surface area (TPSA) is 69.6 Å². The maximum atomic E-state index is 5.38. The van der Waals surface area contributed by atoms with E-state index in [1.807, 2.05) is 36.5 Å². The highest BCUT2D eigenvalue weighted by Crippen LogP contribution is 2.23. The van der Waals surface area contributed by atoms with Crippen LogP contribution >= 0.6 is 0 Å². The van der Waals surface area contributed by atoms with Crippen LogP contribution in [0.25, 0.3) is 28.7 Å². The van der Waals surface area contributed by atoms with Crippen LogP contribution in [0.5, 0.6) is 0 Å². The van der Waals surface area contributed by atoms with Crippen LogP contribution in [-0.4, -0.2) is 24.9 Å². The number of hydrogen-bond acceptors (Lipinski definition) is 5. The smallest absolute Gasteiger partial charge is 0.278 e. The standard InChI is InChI=1S/C19H17N5O/c1-13(2)14-3-5-15(6-4-14)18-21-19(25-23-18)17-9-12-24(22-17)16-7-10-20-11-8-16/h3-13H,1-2H3. The molecule has 0 aliphatic heterocycles. The van der Waals surface area contributed by atoms with Gasteiger partial charge in [0.15, 0.2) is 5.69 Å². The minimum Gasteiger partial charge on any atom is -0.332 e. The summed E-state index contributed by atoms with van der Waals surface area (Å²) >= 11 is 0. The summed E-state index contributed by atoms with van der Waals surface area (Å²) in [5, 5.41) is 8.56. The molecule has 3 aromatic heterocycles. The Morgan fingerprint density at radius 1 is 0.960 bits per heavy atom. The minimum atomic E-state index is 0.399. The molecule has 0 saturated heterocycles. The molecule has 3 heterocycles. The predicted molar refractivity (Wildman–Crippen MR) is 94.2 cm³/mol. The first kappa shape index (κ1) is 15.3. The zero-order chi connectivity index (χ0) is 17.2. The molecule has 0 unspecified atom stereocenters. The van der Waals surface area contributed by atoms with Crippen molar-refractivity contribution in [2.24, 2.45) is 0 Å². The summed E-state index contributed by atoms with van der Waals surface area (Å²) in [5.74, 6) is 1.45. The Bertz CT molecular complexity index is 970. The summed E-state index contributed by atoms with van der Waals surface area (Å²) in [6.45, 7) is 4.33. The van der Waals surface area contributed by atoms with Gasteiger partial charge in [0.2, 0.25) is 5.82 Å². The minimum absolute atomic E-state index is 0.399. The second kappa shape index (κ2) is 6.32. The van der Waals surface area contributed by atoms with Crippen molar-refractivity contribution in [3.8, 4) is 28.7 Å². The van der Waals surface area contributed by atoms with Gasteiger partial charge in [-0.2, -0.15) is 10.1 Å². The molecule has 0 bridgehead atoms. The first-order chi connectivity index (χ1) is 12.2. The summed E-state index contributed by atoms with van der Waals surface area (Å²) in [4.78, 5) is 8.47. The summed E-state index contributed by atoms with van der Waals surface area (Å²) in [7, 11) is 0. The maximum absolute atomic E-state index is 5.38. The van der Waals surface area contributed by atoms with Crippen LogP contribution in [-0.2, 0) is 0 Å². The van der Waals surface area contributed by atoms with Gasteiger partial charge in [0.1, 0.15) is 0 Å². The molecule has 0 radical (unpaired) electrons. The van der Waals surface area contributed by atoms with Gasteiger partial charge in [0.05, 0.1) is 5.69 Å². The Morgan fingerprint density at radius 3 is 2.44 bits per heavy atom. The average molecular weight is 331 g/mol. The summed E-state index contributed by atoms with van der Waals surface area (Å²) in [6.07, 6.45) is 5.30. The highest BCUT2D eigenvalue weighted by Gasteiger charge is 2.13. The molecule has 6 nitrogen and oxygen atoms in total. The van der Waals surface area contributed by atoms with Gasteiger partial charge in [-0.15, -0.1) is 0 Å². The van der Waals surface area contributed by atoms with Gasteiger partial charge >= 0.3 is 0 Å². The summed E-state index contributed by atoms with van der Waals surface area (Å²) in [5.41, 5.74) is 3.76. The van der Waals surface area contributed by atoms with Crippen molar-refractivity contribution < 1.29 is 4.52 Å². The summed E-state index contributed by atoms with van der Waals surface area (Å²) < 4.78 is 7.13. The van der Waals surface area contributed by atoms with Crippen LogP contribution in [0.3, 0.4) is 0 Å². The van der Waals surface area contributed by atoms with Crippen molar-refractivity contribution >= 4 is 0 Å². The van der Waals surface area contributed by atoms with Gasteiger partial charge in [0.25, 0.3) is 5.89 Å². The molecule has 124 valence electrons. The number of rotatable bonds is 4. The van der Waals surface area contributed by atoms with Crippen LogP contribution < -0.4 is 0 Å². The molecule has 0 atom stereocenters. The molecule has 0 aliphatic rings. The lowest BCUT2D eigenvalue weighted by Crippen LogP contribution is -1.94. The van der Waals surface area contributed by atoms with E-state index >= 15 is 0 Å². The number of hydrogen-bond donors (Lipinski definition) is 0. The van der Waals surface area contributed by atoms with Crippen molar-refractivity contribution in [2.45, 2.75) is 19.8 Å². The van der Waals surface area contributed by atoms with Gasteiger partial charge in [-0.3, -0.25) is 4.98 Å². The fraction of sp³-hybridized carbons (Fsp3) is 0.158. The monoisotopic (exact) mass is 331 g/mol. The van der Waals surface area contributed by atoms with E-state index in [2.05, 4.69) is 46.2 Å². The fourth-order valence-electron chi connectivity index (χ4n) is 2.54. The van der Waals surface area contributed by atoms with Crippen LogP contribution in [0, 0.1) is 0 Å². The van der Waals surface area contributed by atoms with E-state index in [9.17, 15) is 0 Å². The van der Waals surface area contributed by atoms with Crippen molar-refractivity contribution in [1.29, 1.82) is 0 Å². The molecule has 1 aromatic carbocycles. The van der Waals surface area contributed by atoms with Crippen LogP contribution in [0.4, 0.5) is 0 Å². The first-order valence-corrected chi connectivity index (χ1v) is 8.11. The van der Waals surface area contributed by atoms with Crippen molar-refractivity contribution in [1.82, 2.24) is 24.9 Å². The Hall–Kier alpha value is -3.28. The molecule has 0 aliphatic carbocycles. The predicted octanol–water partition coefficient (Wildman–Crippen LogP) is 4.11. The second-order valence-corrected chi connectivity index (χ2v) is 6.05. The maximum Gasteiger partial charge on any atom is 0.278 e. The van der Waals surface area contributed by atoms with E-state index in [1.54, 1.807) is 17.1 Å². The molecule has 0 amide bonds. The quantitative estimate of drug-likeness (QED) is 0.563. The van der Waals surface area contributed by atoms with Gasteiger partial charge in [0, 0.05) is 24.2 Å². The number of benzene rings is 1. The van der Waals surface area contributed by atoms with Gasteiger partial charge in [-0.05, 0) is 29.7 Å². The second-order valence-electron chi connectivity index (χ2n) is 6.05. The van der Waals surface area contributed by atoms with E-state index in [0.717, 1.165) is 11.3 Å². The molecular weight excluding hydrogens is 314 g/mol. The molecule has 4 rings (SSSR count). The Kier molecular flexibility index (Phi) is 3.85. The Balaban J connectivity index is 1.60. The fourth-order valence-corrected chi connectivity index (χ4v) is 2.54. The molecule has 0 saturated carbocycles. The molecule has 4 aromatic rings. The first-order valence-electron chi connectivity index (χ1n) is 8.11. The van der Waals surface area contributed by atoms with Crippen LogP contribution in [0.2, 0.25) is 0 Å². The third-order valence-electron chi connectivity index (χ3n) is 4.00. The average Bonchev–Trinajstić information content (AvgIpc) is 3.32.